The minimum atomic E-state index is -1.04. The molecule has 1 aromatic rings. The van der Waals surface area contributed by atoms with Gasteiger partial charge in [0.05, 0.1) is 12.1 Å². The molecule has 1 N–H and O–H groups in total. The van der Waals surface area contributed by atoms with Crippen LogP contribution in [0.2, 0.25) is 0 Å². The van der Waals surface area contributed by atoms with Crippen LogP contribution in [-0.2, 0) is 4.74 Å². The lowest BCUT2D eigenvalue weighted by molar-refractivity contribution is 0.0696. The van der Waals surface area contributed by atoms with Crippen LogP contribution in [0.4, 0.5) is 10.5 Å². The van der Waals surface area contributed by atoms with E-state index >= 15 is 0 Å². The Kier molecular flexibility index (Phi) is 2.82. The quantitative estimate of drug-likeness (QED) is 0.904. The predicted molar refractivity (Wildman–Crippen MR) is 59.8 cm³/mol. The first-order valence-electron chi connectivity index (χ1n) is 4.57. The fourth-order valence-electron chi connectivity index (χ4n) is 1.47. The lowest BCUT2D eigenvalue weighted by atomic mass is 10.2. The molecule has 1 saturated heterocycles. The van der Waals surface area contributed by atoms with Crippen molar-refractivity contribution in [3.8, 4) is 0 Å². The van der Waals surface area contributed by atoms with Gasteiger partial charge >= 0.3 is 12.1 Å². The second-order valence-electron chi connectivity index (χ2n) is 3.24. The number of ether oxygens (including phenoxy) is 1. The average molecular weight is 286 g/mol. The van der Waals surface area contributed by atoms with E-state index in [-0.39, 0.29) is 5.56 Å². The van der Waals surface area contributed by atoms with E-state index < -0.39 is 12.1 Å². The summed E-state index contributed by atoms with van der Waals surface area (Å²) in [5, 5.41) is 8.93. The van der Waals surface area contributed by atoms with Crippen LogP contribution in [0.15, 0.2) is 22.7 Å². The highest BCUT2D eigenvalue weighted by Gasteiger charge is 2.24. The maximum atomic E-state index is 11.3. The highest BCUT2D eigenvalue weighted by Crippen LogP contribution is 2.25. The van der Waals surface area contributed by atoms with Crippen molar-refractivity contribution >= 4 is 33.7 Å². The summed E-state index contributed by atoms with van der Waals surface area (Å²) < 4.78 is 5.26. The van der Waals surface area contributed by atoms with Crippen molar-refractivity contribution in [1.82, 2.24) is 0 Å². The van der Waals surface area contributed by atoms with Crippen molar-refractivity contribution in [1.29, 1.82) is 0 Å². The summed E-state index contributed by atoms with van der Waals surface area (Å²) in [6, 6.07) is 4.71. The number of amides is 1. The number of carboxylic acids is 1. The van der Waals surface area contributed by atoms with E-state index in [1.165, 1.54) is 11.0 Å². The molecule has 0 aromatic heterocycles. The molecule has 0 unspecified atom stereocenters. The number of hydrogen-bond donors (Lipinski definition) is 1. The van der Waals surface area contributed by atoms with Crippen molar-refractivity contribution in [2.45, 2.75) is 0 Å². The molecule has 0 radical (unpaired) electrons. The summed E-state index contributed by atoms with van der Waals surface area (Å²) >= 11 is 3.14. The Labute approximate surface area is 99.7 Å². The van der Waals surface area contributed by atoms with Crippen LogP contribution in [0, 0.1) is 0 Å². The highest BCUT2D eigenvalue weighted by atomic mass is 79.9. The zero-order chi connectivity index (χ0) is 11.7. The van der Waals surface area contributed by atoms with E-state index in [2.05, 4.69) is 15.9 Å². The van der Waals surface area contributed by atoms with Gasteiger partial charge < -0.3 is 9.84 Å². The third-order valence-electron chi connectivity index (χ3n) is 2.25. The molecule has 1 fully saturated rings. The highest BCUT2D eigenvalue weighted by molar-refractivity contribution is 9.10. The third-order valence-corrected chi connectivity index (χ3v) is 2.94. The molecular formula is C10H8BrNO4. The molecule has 0 aliphatic carbocycles. The number of carbonyl (C=O) groups excluding carboxylic acids is 1. The van der Waals surface area contributed by atoms with Gasteiger partial charge in [-0.1, -0.05) is 0 Å². The summed E-state index contributed by atoms with van der Waals surface area (Å²) in [6.45, 7) is 0.775. The van der Waals surface area contributed by atoms with Gasteiger partial charge in [0.1, 0.15) is 6.61 Å². The Morgan fingerprint density at radius 2 is 2.25 bits per heavy atom. The van der Waals surface area contributed by atoms with E-state index in [1.54, 1.807) is 12.1 Å². The van der Waals surface area contributed by atoms with Crippen LogP contribution in [0.25, 0.3) is 0 Å². The maximum Gasteiger partial charge on any atom is 0.414 e. The maximum absolute atomic E-state index is 11.3. The fraction of sp³-hybridized carbons (Fsp3) is 0.200. The number of nitrogens with zero attached hydrogens (tertiary/aromatic N) is 1. The third kappa shape index (κ3) is 1.88. The van der Waals surface area contributed by atoms with Gasteiger partial charge in [-0.25, -0.2) is 9.59 Å². The standard InChI is InChI=1S/C10H8BrNO4/c11-8-2-1-6(5-7(8)9(13)14)12-3-4-16-10(12)15/h1-2,5H,3-4H2,(H,13,14). The molecule has 16 heavy (non-hydrogen) atoms. The average Bonchev–Trinajstić information content (AvgIpc) is 2.65. The first-order valence-corrected chi connectivity index (χ1v) is 5.36. The van der Waals surface area contributed by atoms with Gasteiger partial charge in [-0.05, 0) is 34.1 Å². The molecule has 1 heterocycles. The number of carboxylic acid groups (broad SMARTS) is 1. The Morgan fingerprint density at radius 3 is 2.81 bits per heavy atom. The largest absolute Gasteiger partial charge is 0.478 e. The fourth-order valence-corrected chi connectivity index (χ4v) is 1.89. The van der Waals surface area contributed by atoms with Gasteiger partial charge in [-0.3, -0.25) is 4.90 Å². The van der Waals surface area contributed by atoms with Gasteiger partial charge in [0.25, 0.3) is 0 Å². The number of hydrogen-bond acceptors (Lipinski definition) is 3. The van der Waals surface area contributed by atoms with Crippen LogP contribution in [0.3, 0.4) is 0 Å². The van der Waals surface area contributed by atoms with Crippen LogP contribution in [0.1, 0.15) is 10.4 Å². The number of anilines is 1. The molecule has 2 rings (SSSR count). The summed E-state index contributed by atoms with van der Waals surface area (Å²) in [5.41, 5.74) is 0.653. The molecular weight excluding hydrogens is 278 g/mol. The zero-order valence-corrected chi connectivity index (χ0v) is 9.73. The molecule has 5 nitrogen and oxygen atoms in total. The Balaban J connectivity index is 2.39. The Hall–Kier alpha value is -1.56. The van der Waals surface area contributed by atoms with Crippen LogP contribution in [-0.4, -0.2) is 30.3 Å². The molecule has 0 atom stereocenters. The molecule has 84 valence electrons. The smallest absolute Gasteiger partial charge is 0.414 e. The monoisotopic (exact) mass is 285 g/mol. The summed E-state index contributed by atoms with van der Waals surface area (Å²) in [4.78, 5) is 23.6. The minimum absolute atomic E-state index is 0.122. The van der Waals surface area contributed by atoms with Gasteiger partial charge in [0, 0.05) is 10.2 Å². The van der Waals surface area contributed by atoms with Gasteiger partial charge in [0.15, 0.2) is 0 Å². The molecule has 0 saturated carbocycles. The van der Waals surface area contributed by atoms with E-state index in [4.69, 9.17) is 9.84 Å². The van der Waals surface area contributed by atoms with Crippen molar-refractivity contribution in [2.75, 3.05) is 18.1 Å². The van der Waals surface area contributed by atoms with Crippen molar-refractivity contribution < 1.29 is 19.4 Å². The summed E-state index contributed by atoms with van der Waals surface area (Å²) in [5.74, 6) is -1.04. The Morgan fingerprint density at radius 1 is 1.50 bits per heavy atom. The first-order chi connectivity index (χ1) is 7.59. The second-order valence-corrected chi connectivity index (χ2v) is 4.09. The number of benzene rings is 1. The van der Waals surface area contributed by atoms with Gasteiger partial charge in [-0.15, -0.1) is 0 Å². The number of aromatic carboxylic acids is 1. The zero-order valence-electron chi connectivity index (χ0n) is 8.14. The van der Waals surface area contributed by atoms with Gasteiger partial charge in [0.2, 0.25) is 0 Å². The van der Waals surface area contributed by atoms with E-state index in [9.17, 15) is 9.59 Å². The van der Waals surface area contributed by atoms with E-state index in [0.29, 0.717) is 23.3 Å². The van der Waals surface area contributed by atoms with Crippen LogP contribution < -0.4 is 4.90 Å². The normalized spacial score (nSPS) is 15.1. The first kappa shape index (κ1) is 10.9. The van der Waals surface area contributed by atoms with Crippen molar-refractivity contribution in [3.05, 3.63) is 28.2 Å². The summed E-state index contributed by atoms with van der Waals surface area (Å²) in [6.07, 6.45) is -0.446. The molecule has 0 bridgehead atoms. The van der Waals surface area contributed by atoms with Crippen LogP contribution in [0.5, 0.6) is 0 Å². The van der Waals surface area contributed by atoms with E-state index in [1.807, 2.05) is 0 Å². The molecule has 1 aliphatic rings. The van der Waals surface area contributed by atoms with E-state index in [0.717, 1.165) is 0 Å². The van der Waals surface area contributed by atoms with Crippen molar-refractivity contribution in [2.24, 2.45) is 0 Å². The number of rotatable bonds is 2. The lowest BCUT2D eigenvalue weighted by Gasteiger charge is -2.13. The molecule has 1 aromatic carbocycles. The topological polar surface area (TPSA) is 66.8 Å². The number of halogens is 1. The minimum Gasteiger partial charge on any atom is -0.478 e. The lowest BCUT2D eigenvalue weighted by Crippen LogP contribution is -2.23. The predicted octanol–water partition coefficient (Wildman–Crippen LogP) is 2.10. The molecule has 0 spiro atoms. The SMILES string of the molecule is O=C(O)c1cc(N2CCOC2=O)ccc1Br. The second kappa shape index (κ2) is 4.13. The molecule has 1 amide bonds. The van der Waals surface area contributed by atoms with Crippen LogP contribution >= 0.6 is 15.9 Å². The molecule has 6 heteroatoms. The molecule has 1 aliphatic heterocycles. The number of carbonyl (C=O) groups is 2. The summed E-state index contributed by atoms with van der Waals surface area (Å²) in [7, 11) is 0. The number of cyclic esters (lactones) is 1. The Bertz CT molecular complexity index is 460. The van der Waals surface area contributed by atoms with Crippen molar-refractivity contribution in [3.63, 3.8) is 0 Å². The van der Waals surface area contributed by atoms with Gasteiger partial charge in [-0.2, -0.15) is 0 Å².